The fourth-order valence-corrected chi connectivity index (χ4v) is 8.52. The first kappa shape index (κ1) is 69.3. The summed E-state index contributed by atoms with van der Waals surface area (Å²) in [5.41, 5.74) is 0. The standard InChI is InChI=1S/C66H109NO8/c1-3-5-7-9-11-13-15-17-19-20-21-22-23-24-25-26-27-28-29-30-31-32-33-34-35-36-37-38-39-40-42-44-46-48-50-52-54-56-62(70)67-59(58-74-66-65(73)64(72)63(71)61(57-68)75-66)60(69)55-53-51-49-47-45-43-41-18-16-14-12-10-8-6-4-2/h5,7,11,13,17,19,21-22,24-25,27-28,30-31,33-34,36-37,45,47,53,55,59-61,63-66,68-69,71-73H,3-4,6,8-10,12,14-16,18,20,23,26,29,32,35,38-44,46,48-52,54,56-58H2,1-2H3,(H,67,70)/b7-5-,13-11-,19-17-,22-21-,25-24-,28-27-,31-30-,34-33-,37-36-,47-45+,55-53+. The highest BCUT2D eigenvalue weighted by Crippen LogP contribution is 2.23. The first-order chi connectivity index (χ1) is 36.8. The summed E-state index contributed by atoms with van der Waals surface area (Å²) in [6.07, 6.45) is 75.2. The van der Waals surface area contributed by atoms with Crippen LogP contribution in [0.15, 0.2) is 134 Å². The Morgan fingerprint density at radius 1 is 0.467 bits per heavy atom. The number of nitrogens with one attached hydrogen (secondary N) is 1. The summed E-state index contributed by atoms with van der Waals surface area (Å²) in [4.78, 5) is 13.0. The van der Waals surface area contributed by atoms with Crippen molar-refractivity contribution < 1.29 is 39.8 Å². The second kappa shape index (κ2) is 53.7. The van der Waals surface area contributed by atoms with Gasteiger partial charge in [0.15, 0.2) is 6.29 Å². The molecule has 9 nitrogen and oxygen atoms in total. The van der Waals surface area contributed by atoms with Crippen molar-refractivity contribution in [1.29, 1.82) is 0 Å². The Morgan fingerprint density at radius 3 is 1.28 bits per heavy atom. The van der Waals surface area contributed by atoms with E-state index in [1.54, 1.807) is 6.08 Å². The van der Waals surface area contributed by atoms with Crippen molar-refractivity contribution in [3.63, 3.8) is 0 Å². The molecule has 1 amide bonds. The molecule has 1 rings (SSSR count). The summed E-state index contributed by atoms with van der Waals surface area (Å²) in [5, 5.41) is 54.4. The minimum Gasteiger partial charge on any atom is -0.394 e. The molecule has 0 aliphatic carbocycles. The molecule has 75 heavy (non-hydrogen) atoms. The number of carbonyl (C=O) groups excluding carboxylic acids is 1. The SMILES string of the molecule is CC/C=C\C/C=C\C/C=C\C/C=C\C/C=C\C/C=C\C/C=C\C/C=C\C/C=C\CCCCCCCCCCCC(=O)NC(COC1OC(CO)C(O)C(O)C1O)C(O)/C=C/CC/C=C/CCCCCCCCCCC. The number of ether oxygens (including phenoxy) is 2. The smallest absolute Gasteiger partial charge is 0.220 e. The zero-order valence-electron chi connectivity index (χ0n) is 47.2. The van der Waals surface area contributed by atoms with Crippen LogP contribution in [0.2, 0.25) is 0 Å². The van der Waals surface area contributed by atoms with Crippen molar-refractivity contribution in [2.45, 2.75) is 262 Å². The Hall–Kier alpha value is -3.67. The van der Waals surface area contributed by atoms with Gasteiger partial charge in [-0.2, -0.15) is 0 Å². The zero-order chi connectivity index (χ0) is 54.3. The lowest BCUT2D eigenvalue weighted by Gasteiger charge is -2.40. The topological polar surface area (TPSA) is 149 Å². The molecular weight excluding hydrogens is 935 g/mol. The lowest BCUT2D eigenvalue weighted by molar-refractivity contribution is -0.302. The molecule has 1 heterocycles. The minimum absolute atomic E-state index is 0.199. The van der Waals surface area contributed by atoms with Crippen LogP contribution in [0.1, 0.15) is 219 Å². The van der Waals surface area contributed by atoms with E-state index in [0.29, 0.717) is 6.42 Å². The summed E-state index contributed by atoms with van der Waals surface area (Å²) < 4.78 is 11.2. The predicted octanol–water partition coefficient (Wildman–Crippen LogP) is 15.3. The van der Waals surface area contributed by atoms with Gasteiger partial charge in [-0.3, -0.25) is 4.79 Å². The Bertz CT molecular complexity index is 1640. The molecule has 7 unspecified atom stereocenters. The van der Waals surface area contributed by atoms with Gasteiger partial charge in [0, 0.05) is 6.42 Å². The van der Waals surface area contributed by atoms with Crippen molar-refractivity contribution in [3.8, 4) is 0 Å². The molecule has 0 aromatic rings. The average Bonchev–Trinajstić information content (AvgIpc) is 3.41. The minimum atomic E-state index is -1.58. The van der Waals surface area contributed by atoms with Crippen LogP contribution >= 0.6 is 0 Å². The quantitative estimate of drug-likeness (QED) is 0.0261. The fourth-order valence-electron chi connectivity index (χ4n) is 8.52. The maximum Gasteiger partial charge on any atom is 0.220 e. The van der Waals surface area contributed by atoms with Crippen LogP contribution in [0.25, 0.3) is 0 Å². The molecule has 0 bridgehead atoms. The van der Waals surface area contributed by atoms with E-state index in [-0.39, 0.29) is 12.5 Å². The molecule has 9 heteroatoms. The number of aliphatic hydroxyl groups excluding tert-OH is 5. The van der Waals surface area contributed by atoms with Crippen molar-refractivity contribution in [3.05, 3.63) is 134 Å². The number of allylic oxidation sites excluding steroid dienone is 21. The lowest BCUT2D eigenvalue weighted by Crippen LogP contribution is -2.60. The Labute approximate surface area is 458 Å². The van der Waals surface area contributed by atoms with Gasteiger partial charge in [0.1, 0.15) is 24.4 Å². The van der Waals surface area contributed by atoms with Crippen LogP contribution in [-0.4, -0.2) is 87.5 Å². The van der Waals surface area contributed by atoms with Crippen LogP contribution in [0, 0.1) is 0 Å². The lowest BCUT2D eigenvalue weighted by atomic mass is 9.99. The molecule has 0 aromatic carbocycles. The third-order valence-electron chi connectivity index (χ3n) is 13.2. The van der Waals surface area contributed by atoms with E-state index in [1.807, 2.05) is 6.08 Å². The predicted molar refractivity (Wildman–Crippen MR) is 317 cm³/mol. The molecule has 7 atom stereocenters. The van der Waals surface area contributed by atoms with Gasteiger partial charge in [-0.05, 0) is 103 Å². The summed E-state index contributed by atoms with van der Waals surface area (Å²) >= 11 is 0. The molecule has 0 aromatic heterocycles. The van der Waals surface area contributed by atoms with Crippen LogP contribution in [0.5, 0.6) is 0 Å². The van der Waals surface area contributed by atoms with Gasteiger partial charge < -0.3 is 40.3 Å². The van der Waals surface area contributed by atoms with Crippen LogP contribution in [0.3, 0.4) is 0 Å². The monoisotopic (exact) mass is 1040 g/mol. The Balaban J connectivity index is 2.19. The number of hydrogen-bond donors (Lipinski definition) is 6. The van der Waals surface area contributed by atoms with Gasteiger partial charge in [-0.15, -0.1) is 0 Å². The second-order valence-electron chi connectivity index (χ2n) is 20.0. The van der Waals surface area contributed by atoms with Gasteiger partial charge in [-0.1, -0.05) is 244 Å². The van der Waals surface area contributed by atoms with Crippen molar-refractivity contribution in [2.24, 2.45) is 0 Å². The molecule has 0 saturated carbocycles. The van der Waals surface area contributed by atoms with E-state index in [9.17, 15) is 30.3 Å². The Morgan fingerprint density at radius 2 is 0.840 bits per heavy atom. The largest absolute Gasteiger partial charge is 0.394 e. The molecule has 1 aliphatic heterocycles. The molecule has 0 spiro atoms. The second-order valence-corrected chi connectivity index (χ2v) is 20.0. The van der Waals surface area contributed by atoms with Gasteiger partial charge in [-0.25, -0.2) is 0 Å². The first-order valence-corrected chi connectivity index (χ1v) is 29.9. The molecule has 6 N–H and O–H groups in total. The fraction of sp³-hybridized carbons (Fsp3) is 0.652. The van der Waals surface area contributed by atoms with Gasteiger partial charge >= 0.3 is 0 Å². The van der Waals surface area contributed by atoms with Crippen LogP contribution in [0.4, 0.5) is 0 Å². The van der Waals surface area contributed by atoms with E-state index in [1.165, 1.54) is 89.9 Å². The number of amides is 1. The van der Waals surface area contributed by atoms with Crippen LogP contribution in [-0.2, 0) is 14.3 Å². The van der Waals surface area contributed by atoms with E-state index >= 15 is 0 Å². The average molecular weight is 1040 g/mol. The van der Waals surface area contributed by atoms with E-state index in [0.717, 1.165) is 109 Å². The number of carbonyl (C=O) groups is 1. The molecule has 1 saturated heterocycles. The van der Waals surface area contributed by atoms with Crippen molar-refractivity contribution in [2.75, 3.05) is 13.2 Å². The normalized spacial score (nSPS) is 19.9. The van der Waals surface area contributed by atoms with Gasteiger partial charge in [0.05, 0.1) is 25.4 Å². The molecule has 1 aliphatic rings. The summed E-state index contributed by atoms with van der Waals surface area (Å²) in [6.45, 7) is 3.63. The first-order valence-electron chi connectivity index (χ1n) is 29.9. The number of rotatable bonds is 49. The third kappa shape index (κ3) is 43.1. The molecular formula is C66H109NO8. The highest BCUT2D eigenvalue weighted by molar-refractivity contribution is 5.76. The summed E-state index contributed by atoms with van der Waals surface area (Å²) in [7, 11) is 0. The van der Waals surface area contributed by atoms with E-state index < -0.39 is 49.5 Å². The Kier molecular flexibility index (Phi) is 49.7. The number of unbranched alkanes of at least 4 members (excludes halogenated alkanes) is 19. The summed E-state index contributed by atoms with van der Waals surface area (Å²) in [6, 6.07) is -0.834. The van der Waals surface area contributed by atoms with Crippen molar-refractivity contribution in [1.82, 2.24) is 5.32 Å². The molecule has 1 fully saturated rings. The van der Waals surface area contributed by atoms with E-state index in [2.05, 4.69) is 141 Å². The van der Waals surface area contributed by atoms with Crippen LogP contribution < -0.4 is 5.32 Å². The summed E-state index contributed by atoms with van der Waals surface area (Å²) in [5.74, 6) is -0.199. The van der Waals surface area contributed by atoms with E-state index in [4.69, 9.17) is 9.47 Å². The van der Waals surface area contributed by atoms with Crippen molar-refractivity contribution >= 4 is 5.91 Å². The highest BCUT2D eigenvalue weighted by Gasteiger charge is 2.44. The zero-order valence-corrected chi connectivity index (χ0v) is 47.2. The number of hydrogen-bond acceptors (Lipinski definition) is 8. The highest BCUT2D eigenvalue weighted by atomic mass is 16.7. The van der Waals surface area contributed by atoms with Gasteiger partial charge in [0.2, 0.25) is 5.91 Å². The number of aliphatic hydroxyl groups is 5. The molecule has 426 valence electrons. The van der Waals surface area contributed by atoms with Gasteiger partial charge in [0.25, 0.3) is 0 Å². The maximum atomic E-state index is 13.0. The third-order valence-corrected chi connectivity index (χ3v) is 13.2. The maximum absolute atomic E-state index is 13.0. The molecule has 0 radical (unpaired) electrons.